The molecule has 0 aromatic heterocycles. The van der Waals surface area contributed by atoms with Crippen molar-refractivity contribution in [3.05, 3.63) is 35.6 Å². The highest BCUT2D eigenvalue weighted by molar-refractivity contribution is 5.94. The van der Waals surface area contributed by atoms with Crippen LogP contribution in [0.25, 0.3) is 0 Å². The van der Waals surface area contributed by atoms with Crippen LogP contribution in [-0.2, 0) is 4.79 Å². The van der Waals surface area contributed by atoms with Crippen LogP contribution in [0, 0.1) is 5.82 Å². The number of rotatable bonds is 2. The van der Waals surface area contributed by atoms with Crippen molar-refractivity contribution in [3.8, 4) is 0 Å². The molecule has 0 bridgehead atoms. The van der Waals surface area contributed by atoms with E-state index in [9.17, 15) is 14.0 Å². The average molecular weight is 370 g/mol. The number of nitrogens with one attached hydrogen (secondary N) is 1. The largest absolute Gasteiger partial charge is 0.340 e. The zero-order chi connectivity index (χ0) is 16.9. The molecule has 2 heterocycles. The number of benzene rings is 1. The highest BCUT2D eigenvalue weighted by Crippen LogP contribution is 2.14. The summed E-state index contributed by atoms with van der Waals surface area (Å²) in [6, 6.07) is 5.69. The van der Waals surface area contributed by atoms with Gasteiger partial charge in [0.25, 0.3) is 5.91 Å². The molecule has 138 valence electrons. The van der Waals surface area contributed by atoms with Crippen molar-refractivity contribution in [1.82, 2.24) is 15.1 Å². The highest BCUT2D eigenvalue weighted by atomic mass is 35.5. The van der Waals surface area contributed by atoms with Crippen LogP contribution in [0.1, 0.15) is 36.0 Å². The van der Waals surface area contributed by atoms with Crippen molar-refractivity contribution in [2.75, 3.05) is 32.7 Å². The van der Waals surface area contributed by atoms with Gasteiger partial charge in [0, 0.05) is 31.7 Å². The Balaban J connectivity index is 0.00000225. The number of halogens is 2. The van der Waals surface area contributed by atoms with Gasteiger partial charge in [0.05, 0.1) is 6.04 Å². The van der Waals surface area contributed by atoms with Crippen molar-refractivity contribution < 1.29 is 14.0 Å². The monoisotopic (exact) mass is 369 g/mol. The molecule has 25 heavy (non-hydrogen) atoms. The third-order valence-electron chi connectivity index (χ3n) is 4.77. The van der Waals surface area contributed by atoms with Crippen molar-refractivity contribution >= 4 is 24.2 Å². The van der Waals surface area contributed by atoms with Gasteiger partial charge in [0.2, 0.25) is 5.91 Å². The van der Waals surface area contributed by atoms with Crippen LogP contribution in [0.2, 0.25) is 0 Å². The van der Waals surface area contributed by atoms with Gasteiger partial charge in [0.1, 0.15) is 5.82 Å². The van der Waals surface area contributed by atoms with Crippen molar-refractivity contribution in [1.29, 1.82) is 0 Å². The topological polar surface area (TPSA) is 52.7 Å². The predicted octanol–water partition coefficient (Wildman–Crippen LogP) is 2.06. The maximum absolute atomic E-state index is 13.3. The van der Waals surface area contributed by atoms with Crippen LogP contribution in [0.5, 0.6) is 0 Å². The Labute approximate surface area is 154 Å². The third kappa shape index (κ3) is 4.92. The second-order valence-corrected chi connectivity index (χ2v) is 6.48. The van der Waals surface area contributed by atoms with Gasteiger partial charge in [-0.2, -0.15) is 0 Å². The summed E-state index contributed by atoms with van der Waals surface area (Å²) >= 11 is 0. The molecule has 0 spiro atoms. The Bertz CT molecular complexity index is 608. The smallest absolute Gasteiger partial charge is 0.254 e. The molecule has 1 unspecified atom stereocenters. The summed E-state index contributed by atoms with van der Waals surface area (Å²) in [5.74, 6) is -0.426. The Morgan fingerprint density at radius 2 is 1.80 bits per heavy atom. The second-order valence-electron chi connectivity index (χ2n) is 6.48. The van der Waals surface area contributed by atoms with E-state index in [4.69, 9.17) is 0 Å². The van der Waals surface area contributed by atoms with Gasteiger partial charge in [-0.1, -0.05) is 12.5 Å². The summed E-state index contributed by atoms with van der Waals surface area (Å²) in [5, 5.41) is 3.29. The third-order valence-corrected chi connectivity index (χ3v) is 4.77. The molecule has 3 rings (SSSR count). The number of carbonyl (C=O) groups excluding carboxylic acids is 2. The molecule has 1 atom stereocenters. The molecule has 2 saturated heterocycles. The summed E-state index contributed by atoms with van der Waals surface area (Å²) in [6.45, 7) is 3.20. The van der Waals surface area contributed by atoms with E-state index in [1.54, 1.807) is 17.0 Å². The number of amides is 2. The van der Waals surface area contributed by atoms with Gasteiger partial charge in [-0.05, 0) is 44.0 Å². The molecule has 5 nitrogen and oxygen atoms in total. The van der Waals surface area contributed by atoms with Gasteiger partial charge >= 0.3 is 0 Å². The van der Waals surface area contributed by atoms with Crippen LogP contribution in [0.15, 0.2) is 24.3 Å². The van der Waals surface area contributed by atoms with Crippen molar-refractivity contribution in [2.45, 2.75) is 31.7 Å². The van der Waals surface area contributed by atoms with E-state index >= 15 is 0 Å². The van der Waals surface area contributed by atoms with Crippen LogP contribution >= 0.6 is 12.4 Å². The lowest BCUT2D eigenvalue weighted by Gasteiger charge is -2.29. The Kier molecular flexibility index (Phi) is 7.20. The van der Waals surface area contributed by atoms with E-state index in [1.807, 2.05) is 4.90 Å². The SMILES string of the molecule is Cl.O=C(c1cccc(F)c1)N1CCCN(C(=O)C2CCCCN2)CC1. The van der Waals surface area contributed by atoms with E-state index in [2.05, 4.69) is 5.32 Å². The van der Waals surface area contributed by atoms with E-state index in [1.165, 1.54) is 12.1 Å². The molecule has 0 radical (unpaired) electrons. The average Bonchev–Trinajstić information content (AvgIpc) is 2.87. The quantitative estimate of drug-likeness (QED) is 0.868. The summed E-state index contributed by atoms with van der Waals surface area (Å²) in [7, 11) is 0. The lowest BCUT2D eigenvalue weighted by atomic mass is 10.0. The van der Waals surface area contributed by atoms with Gasteiger partial charge < -0.3 is 15.1 Å². The van der Waals surface area contributed by atoms with Crippen molar-refractivity contribution in [2.24, 2.45) is 0 Å². The fourth-order valence-corrected chi connectivity index (χ4v) is 3.43. The van der Waals surface area contributed by atoms with Crippen molar-refractivity contribution in [3.63, 3.8) is 0 Å². The molecular formula is C18H25ClFN3O2. The Morgan fingerprint density at radius 1 is 1.04 bits per heavy atom. The van der Waals surface area contributed by atoms with Gasteiger partial charge in [-0.25, -0.2) is 4.39 Å². The summed E-state index contributed by atoms with van der Waals surface area (Å²) in [5.41, 5.74) is 0.365. The normalized spacial score (nSPS) is 21.2. The first-order valence-corrected chi connectivity index (χ1v) is 8.72. The molecule has 2 amide bonds. The molecule has 0 aliphatic carbocycles. The maximum atomic E-state index is 13.3. The number of hydrogen-bond acceptors (Lipinski definition) is 3. The first-order valence-electron chi connectivity index (χ1n) is 8.72. The lowest BCUT2D eigenvalue weighted by Crippen LogP contribution is -2.49. The van der Waals surface area contributed by atoms with E-state index in [0.717, 1.165) is 32.2 Å². The summed E-state index contributed by atoms with van der Waals surface area (Å²) in [4.78, 5) is 28.7. The predicted molar refractivity (Wildman–Crippen MR) is 96.4 cm³/mol. The van der Waals surface area contributed by atoms with Gasteiger partial charge in [0.15, 0.2) is 0 Å². The summed E-state index contributed by atoms with van der Waals surface area (Å²) in [6.07, 6.45) is 3.85. The molecule has 1 N–H and O–H groups in total. The molecule has 0 saturated carbocycles. The molecule has 7 heteroatoms. The first kappa shape index (κ1) is 19.7. The minimum atomic E-state index is -0.407. The molecule has 2 aliphatic rings. The molecule has 1 aromatic carbocycles. The standard InChI is InChI=1S/C18H24FN3O2.ClH/c19-15-6-3-5-14(13-15)17(23)21-9-4-10-22(12-11-21)18(24)16-7-1-2-8-20-16;/h3,5-6,13,16,20H,1-2,4,7-12H2;1H. The second kappa shape index (κ2) is 9.15. The van der Waals surface area contributed by atoms with Crippen LogP contribution < -0.4 is 5.32 Å². The van der Waals surface area contributed by atoms with E-state index in [-0.39, 0.29) is 30.3 Å². The molecule has 1 aromatic rings. The van der Waals surface area contributed by atoms with Gasteiger partial charge in [-0.15, -0.1) is 12.4 Å². The lowest BCUT2D eigenvalue weighted by molar-refractivity contribution is -0.133. The molecular weight excluding hydrogens is 345 g/mol. The number of piperidine rings is 1. The highest BCUT2D eigenvalue weighted by Gasteiger charge is 2.28. The maximum Gasteiger partial charge on any atom is 0.254 e. The Morgan fingerprint density at radius 3 is 2.52 bits per heavy atom. The molecule has 2 fully saturated rings. The van der Waals surface area contributed by atoms with Crippen LogP contribution in [-0.4, -0.2) is 60.4 Å². The van der Waals surface area contributed by atoms with Gasteiger partial charge in [-0.3, -0.25) is 9.59 Å². The fourth-order valence-electron chi connectivity index (χ4n) is 3.43. The fraction of sp³-hybridized carbons (Fsp3) is 0.556. The van der Waals surface area contributed by atoms with E-state index in [0.29, 0.717) is 31.7 Å². The van der Waals surface area contributed by atoms with E-state index < -0.39 is 5.82 Å². The minimum absolute atomic E-state index is 0. The van der Waals surface area contributed by atoms with Crippen LogP contribution in [0.3, 0.4) is 0 Å². The zero-order valence-corrected chi connectivity index (χ0v) is 15.1. The minimum Gasteiger partial charge on any atom is -0.340 e. The molecule has 2 aliphatic heterocycles. The summed E-state index contributed by atoms with van der Waals surface area (Å²) < 4.78 is 13.3. The van der Waals surface area contributed by atoms with Crippen LogP contribution in [0.4, 0.5) is 4.39 Å². The first-order chi connectivity index (χ1) is 11.6. The number of hydrogen-bond donors (Lipinski definition) is 1. The number of carbonyl (C=O) groups is 2. The number of nitrogens with zero attached hydrogens (tertiary/aromatic N) is 2. The Hall–Kier alpha value is -1.66. The zero-order valence-electron chi connectivity index (χ0n) is 14.2.